The van der Waals surface area contributed by atoms with Gasteiger partial charge in [-0.25, -0.2) is 0 Å². The quantitative estimate of drug-likeness (QED) is 0.750. The fraction of sp³-hybridized carbons (Fsp3) is 0.375. The third kappa shape index (κ3) is 4.38. The molecule has 0 aliphatic heterocycles. The molecule has 0 aliphatic rings. The van der Waals surface area contributed by atoms with E-state index in [2.05, 4.69) is 20.3 Å². The van der Waals surface area contributed by atoms with Gasteiger partial charge in [0.15, 0.2) is 0 Å². The zero-order chi connectivity index (χ0) is 16.7. The monoisotopic (exact) mass is 315 g/mol. The summed E-state index contributed by atoms with van der Waals surface area (Å²) in [6.45, 7) is 8.34. The van der Waals surface area contributed by atoms with Crippen LogP contribution in [0.5, 0.6) is 11.8 Å². The minimum Gasteiger partial charge on any atom is -0.424 e. The van der Waals surface area contributed by atoms with Crippen molar-refractivity contribution in [1.29, 1.82) is 0 Å². The summed E-state index contributed by atoms with van der Waals surface area (Å²) in [5, 5.41) is 3.08. The Morgan fingerprint density at radius 1 is 1.09 bits per heavy atom. The summed E-state index contributed by atoms with van der Waals surface area (Å²) >= 11 is 0. The van der Waals surface area contributed by atoms with Crippen LogP contribution in [0.1, 0.15) is 31.1 Å². The summed E-state index contributed by atoms with van der Waals surface area (Å²) in [5.41, 5.74) is 0.588. The van der Waals surface area contributed by atoms with Crippen LogP contribution in [-0.2, 0) is 0 Å². The van der Waals surface area contributed by atoms with Gasteiger partial charge in [0, 0.05) is 25.2 Å². The molecular formula is C16H21N5O2. The van der Waals surface area contributed by atoms with E-state index in [0.29, 0.717) is 29.8 Å². The number of aldehydes is 1. The number of hydrogen-bond donors (Lipinski definition) is 1. The normalized spacial score (nSPS) is 10.2. The lowest BCUT2D eigenvalue weighted by Crippen LogP contribution is -2.25. The maximum absolute atomic E-state index is 10.7. The van der Waals surface area contributed by atoms with Crippen molar-refractivity contribution >= 4 is 18.2 Å². The second-order valence-corrected chi connectivity index (χ2v) is 4.73. The molecule has 2 rings (SSSR count). The van der Waals surface area contributed by atoms with Crippen LogP contribution in [0.25, 0.3) is 0 Å². The lowest BCUT2D eigenvalue weighted by molar-refractivity contribution is 0.112. The standard InChI is InChI=1S/C16H21N5O2/c1-4-17-14-18-15(21(5-2)6-3)20-16(19-14)23-13-9-7-12(11-22)8-10-13/h7-11H,4-6H2,1-3H3,(H,17,18,19,20). The molecule has 1 N–H and O–H groups in total. The van der Waals surface area contributed by atoms with Gasteiger partial charge in [-0.2, -0.15) is 15.0 Å². The molecule has 0 amide bonds. The molecular weight excluding hydrogens is 294 g/mol. The lowest BCUT2D eigenvalue weighted by atomic mass is 10.2. The first-order valence-electron chi connectivity index (χ1n) is 7.68. The summed E-state index contributed by atoms with van der Waals surface area (Å²) < 4.78 is 5.70. The largest absolute Gasteiger partial charge is 0.424 e. The number of aromatic nitrogens is 3. The van der Waals surface area contributed by atoms with E-state index >= 15 is 0 Å². The molecule has 0 saturated heterocycles. The molecule has 0 radical (unpaired) electrons. The number of nitrogens with zero attached hydrogens (tertiary/aromatic N) is 4. The SMILES string of the molecule is CCNc1nc(Oc2ccc(C=O)cc2)nc(N(CC)CC)n1. The molecule has 122 valence electrons. The van der Waals surface area contributed by atoms with Crippen LogP contribution < -0.4 is 15.0 Å². The zero-order valence-corrected chi connectivity index (χ0v) is 13.6. The second-order valence-electron chi connectivity index (χ2n) is 4.73. The van der Waals surface area contributed by atoms with Crippen LogP contribution in [0.3, 0.4) is 0 Å². The lowest BCUT2D eigenvalue weighted by Gasteiger charge is -2.19. The van der Waals surface area contributed by atoms with E-state index in [9.17, 15) is 4.79 Å². The fourth-order valence-electron chi connectivity index (χ4n) is 2.00. The van der Waals surface area contributed by atoms with E-state index in [0.717, 1.165) is 19.4 Å². The minimum atomic E-state index is 0.219. The van der Waals surface area contributed by atoms with E-state index < -0.39 is 0 Å². The Morgan fingerprint density at radius 3 is 2.35 bits per heavy atom. The van der Waals surface area contributed by atoms with Gasteiger partial charge in [-0.3, -0.25) is 4.79 Å². The first-order chi connectivity index (χ1) is 11.2. The number of hydrogen-bond acceptors (Lipinski definition) is 7. The second kappa shape index (κ2) is 8.07. The number of anilines is 2. The van der Waals surface area contributed by atoms with Crippen molar-refractivity contribution < 1.29 is 9.53 Å². The molecule has 0 spiro atoms. The van der Waals surface area contributed by atoms with Crippen molar-refractivity contribution in [3.05, 3.63) is 29.8 Å². The van der Waals surface area contributed by atoms with Gasteiger partial charge in [-0.05, 0) is 45.0 Å². The smallest absolute Gasteiger partial charge is 0.328 e. The summed E-state index contributed by atoms with van der Waals surface area (Å²) in [6, 6.07) is 6.99. The van der Waals surface area contributed by atoms with E-state index in [1.165, 1.54) is 0 Å². The highest BCUT2D eigenvalue weighted by molar-refractivity contribution is 5.74. The molecule has 1 aromatic carbocycles. The fourth-order valence-corrected chi connectivity index (χ4v) is 2.00. The van der Waals surface area contributed by atoms with E-state index in [1.807, 2.05) is 25.7 Å². The summed E-state index contributed by atoms with van der Waals surface area (Å²) in [7, 11) is 0. The zero-order valence-electron chi connectivity index (χ0n) is 13.6. The Morgan fingerprint density at radius 2 is 1.78 bits per heavy atom. The van der Waals surface area contributed by atoms with Gasteiger partial charge in [0.1, 0.15) is 12.0 Å². The average Bonchev–Trinajstić information content (AvgIpc) is 2.57. The first-order valence-corrected chi connectivity index (χ1v) is 7.68. The average molecular weight is 315 g/mol. The Kier molecular flexibility index (Phi) is 5.85. The third-order valence-corrected chi connectivity index (χ3v) is 3.21. The number of rotatable bonds is 8. The third-order valence-electron chi connectivity index (χ3n) is 3.21. The molecule has 0 bridgehead atoms. The predicted molar refractivity (Wildman–Crippen MR) is 89.5 cm³/mol. The van der Waals surface area contributed by atoms with Gasteiger partial charge in [-0.15, -0.1) is 0 Å². The van der Waals surface area contributed by atoms with Crippen LogP contribution in [-0.4, -0.2) is 40.9 Å². The molecule has 0 fully saturated rings. The molecule has 1 aromatic heterocycles. The van der Waals surface area contributed by atoms with Crippen molar-refractivity contribution in [2.24, 2.45) is 0 Å². The number of carbonyl (C=O) groups is 1. The predicted octanol–water partition coefficient (Wildman–Crippen LogP) is 2.75. The minimum absolute atomic E-state index is 0.219. The molecule has 2 aromatic rings. The molecule has 0 aliphatic carbocycles. The van der Waals surface area contributed by atoms with E-state index in [4.69, 9.17) is 4.74 Å². The highest BCUT2D eigenvalue weighted by atomic mass is 16.5. The summed E-state index contributed by atoms with van der Waals surface area (Å²) in [5.74, 6) is 1.61. The summed E-state index contributed by atoms with van der Waals surface area (Å²) in [4.78, 5) is 25.7. The van der Waals surface area contributed by atoms with Crippen molar-refractivity contribution in [2.75, 3.05) is 29.9 Å². The highest BCUT2D eigenvalue weighted by Crippen LogP contribution is 2.21. The van der Waals surface area contributed by atoms with Gasteiger partial charge in [-0.1, -0.05) is 0 Å². The topological polar surface area (TPSA) is 80.2 Å². The molecule has 7 nitrogen and oxygen atoms in total. The Bertz CT molecular complexity index is 641. The van der Waals surface area contributed by atoms with Crippen LogP contribution in [0.2, 0.25) is 0 Å². The van der Waals surface area contributed by atoms with Crippen LogP contribution in [0, 0.1) is 0 Å². The van der Waals surface area contributed by atoms with Crippen molar-refractivity contribution in [2.45, 2.75) is 20.8 Å². The molecule has 0 unspecified atom stereocenters. The number of ether oxygens (including phenoxy) is 1. The number of benzene rings is 1. The first kappa shape index (κ1) is 16.7. The van der Waals surface area contributed by atoms with E-state index in [-0.39, 0.29) is 6.01 Å². The van der Waals surface area contributed by atoms with E-state index in [1.54, 1.807) is 24.3 Å². The Hall–Kier alpha value is -2.70. The number of carbonyl (C=O) groups excluding carboxylic acids is 1. The molecule has 0 atom stereocenters. The highest BCUT2D eigenvalue weighted by Gasteiger charge is 2.12. The van der Waals surface area contributed by atoms with Crippen LogP contribution in [0.15, 0.2) is 24.3 Å². The van der Waals surface area contributed by atoms with Gasteiger partial charge in [0.05, 0.1) is 0 Å². The molecule has 1 heterocycles. The van der Waals surface area contributed by atoms with Crippen LogP contribution in [0.4, 0.5) is 11.9 Å². The van der Waals surface area contributed by atoms with Crippen molar-refractivity contribution in [3.8, 4) is 11.8 Å². The molecule has 7 heteroatoms. The number of nitrogens with one attached hydrogen (secondary N) is 1. The molecule has 23 heavy (non-hydrogen) atoms. The van der Waals surface area contributed by atoms with Gasteiger partial charge in [0.2, 0.25) is 11.9 Å². The van der Waals surface area contributed by atoms with Crippen molar-refractivity contribution in [1.82, 2.24) is 15.0 Å². The van der Waals surface area contributed by atoms with Gasteiger partial charge >= 0.3 is 6.01 Å². The Balaban J connectivity index is 2.29. The van der Waals surface area contributed by atoms with Gasteiger partial charge < -0.3 is 15.0 Å². The van der Waals surface area contributed by atoms with Crippen molar-refractivity contribution in [3.63, 3.8) is 0 Å². The maximum Gasteiger partial charge on any atom is 0.328 e. The summed E-state index contributed by atoms with van der Waals surface area (Å²) in [6.07, 6.45) is 0.786. The molecule has 0 saturated carbocycles. The van der Waals surface area contributed by atoms with Crippen LogP contribution >= 0.6 is 0 Å². The Labute approximate surface area is 135 Å². The van der Waals surface area contributed by atoms with Gasteiger partial charge in [0.25, 0.3) is 0 Å². The maximum atomic E-state index is 10.7.